The molecule has 0 aliphatic heterocycles. The van der Waals surface area contributed by atoms with Gasteiger partial charge in [0.15, 0.2) is 0 Å². The summed E-state index contributed by atoms with van der Waals surface area (Å²) in [6, 6.07) is 5.52. The first kappa shape index (κ1) is 10.4. The summed E-state index contributed by atoms with van der Waals surface area (Å²) in [4.78, 5) is 14.9. The highest BCUT2D eigenvalue weighted by atomic mass is 16.5. The SMILES string of the molecule is C=CCC(OC(C)=O)c1ccccn1. The van der Waals surface area contributed by atoms with Gasteiger partial charge in [0, 0.05) is 19.5 Å². The van der Waals surface area contributed by atoms with Crippen LogP contribution in [0.5, 0.6) is 0 Å². The Morgan fingerprint density at radius 1 is 1.71 bits per heavy atom. The summed E-state index contributed by atoms with van der Waals surface area (Å²) < 4.78 is 5.10. The quantitative estimate of drug-likeness (QED) is 0.541. The molecule has 74 valence electrons. The van der Waals surface area contributed by atoms with Crippen LogP contribution in [0.4, 0.5) is 0 Å². The Balaban J connectivity index is 2.77. The molecule has 14 heavy (non-hydrogen) atoms. The molecule has 1 aromatic rings. The van der Waals surface area contributed by atoms with Gasteiger partial charge in [0.2, 0.25) is 0 Å². The van der Waals surface area contributed by atoms with E-state index >= 15 is 0 Å². The number of hydrogen-bond donors (Lipinski definition) is 0. The minimum Gasteiger partial charge on any atom is -0.456 e. The number of aromatic nitrogens is 1. The van der Waals surface area contributed by atoms with Gasteiger partial charge < -0.3 is 4.74 Å². The molecular formula is C11H13NO2. The number of esters is 1. The predicted octanol–water partition coefficient (Wildman–Crippen LogP) is 2.26. The standard InChI is InChI=1S/C11H13NO2/c1-3-6-11(14-9(2)13)10-7-4-5-8-12-10/h3-5,7-8,11H,1,6H2,2H3. The Hall–Kier alpha value is -1.64. The average molecular weight is 191 g/mol. The predicted molar refractivity (Wildman–Crippen MR) is 53.6 cm³/mol. The molecule has 0 aromatic carbocycles. The number of rotatable bonds is 4. The zero-order valence-corrected chi connectivity index (χ0v) is 8.14. The lowest BCUT2D eigenvalue weighted by Gasteiger charge is -2.13. The maximum atomic E-state index is 10.8. The fraction of sp³-hybridized carbons (Fsp3) is 0.273. The van der Waals surface area contributed by atoms with E-state index < -0.39 is 0 Å². The third-order valence-corrected chi connectivity index (χ3v) is 1.71. The summed E-state index contributed by atoms with van der Waals surface area (Å²) in [5.41, 5.74) is 0.752. The molecule has 0 aliphatic carbocycles. The van der Waals surface area contributed by atoms with E-state index in [2.05, 4.69) is 11.6 Å². The molecule has 0 saturated carbocycles. The molecule has 1 aromatic heterocycles. The molecule has 0 aliphatic rings. The molecule has 0 bridgehead atoms. The zero-order valence-electron chi connectivity index (χ0n) is 8.14. The van der Waals surface area contributed by atoms with Crippen molar-refractivity contribution in [3.05, 3.63) is 42.7 Å². The third-order valence-electron chi connectivity index (χ3n) is 1.71. The van der Waals surface area contributed by atoms with Crippen molar-refractivity contribution in [2.24, 2.45) is 0 Å². The Labute approximate surface area is 83.4 Å². The second kappa shape index (κ2) is 5.17. The number of carbonyl (C=O) groups excluding carboxylic acids is 1. The van der Waals surface area contributed by atoms with Crippen LogP contribution in [-0.2, 0) is 9.53 Å². The van der Waals surface area contributed by atoms with Gasteiger partial charge in [0.25, 0.3) is 0 Å². The molecule has 1 atom stereocenters. The van der Waals surface area contributed by atoms with Crippen LogP contribution in [0.3, 0.4) is 0 Å². The van der Waals surface area contributed by atoms with Gasteiger partial charge in [-0.15, -0.1) is 6.58 Å². The molecule has 0 amide bonds. The van der Waals surface area contributed by atoms with Crippen LogP contribution in [0.1, 0.15) is 25.1 Å². The van der Waals surface area contributed by atoms with Gasteiger partial charge >= 0.3 is 5.97 Å². The largest absolute Gasteiger partial charge is 0.456 e. The number of nitrogens with zero attached hydrogens (tertiary/aromatic N) is 1. The zero-order chi connectivity index (χ0) is 10.4. The number of ether oxygens (including phenoxy) is 1. The first-order valence-electron chi connectivity index (χ1n) is 4.43. The van der Waals surface area contributed by atoms with Crippen molar-refractivity contribution in [2.45, 2.75) is 19.4 Å². The molecule has 1 rings (SSSR count). The van der Waals surface area contributed by atoms with E-state index in [1.54, 1.807) is 12.3 Å². The van der Waals surface area contributed by atoms with Crippen molar-refractivity contribution >= 4 is 5.97 Å². The van der Waals surface area contributed by atoms with E-state index in [1.165, 1.54) is 6.92 Å². The Morgan fingerprint density at radius 3 is 3.00 bits per heavy atom. The van der Waals surface area contributed by atoms with Crippen LogP contribution in [0.2, 0.25) is 0 Å². The van der Waals surface area contributed by atoms with Crippen molar-refractivity contribution in [3.8, 4) is 0 Å². The van der Waals surface area contributed by atoms with Crippen LogP contribution < -0.4 is 0 Å². The maximum Gasteiger partial charge on any atom is 0.303 e. The van der Waals surface area contributed by atoms with Gasteiger partial charge in [-0.1, -0.05) is 12.1 Å². The van der Waals surface area contributed by atoms with Gasteiger partial charge in [0.1, 0.15) is 6.10 Å². The van der Waals surface area contributed by atoms with Crippen molar-refractivity contribution in [1.29, 1.82) is 0 Å². The van der Waals surface area contributed by atoms with Crippen LogP contribution in [0.15, 0.2) is 37.1 Å². The summed E-state index contributed by atoms with van der Waals surface area (Å²) in [5.74, 6) is -0.303. The monoisotopic (exact) mass is 191 g/mol. The van der Waals surface area contributed by atoms with Gasteiger partial charge in [0.05, 0.1) is 5.69 Å². The van der Waals surface area contributed by atoms with Crippen LogP contribution >= 0.6 is 0 Å². The minimum absolute atomic E-state index is 0.303. The molecular weight excluding hydrogens is 178 g/mol. The highest BCUT2D eigenvalue weighted by Gasteiger charge is 2.13. The fourth-order valence-electron chi connectivity index (χ4n) is 1.15. The highest BCUT2D eigenvalue weighted by molar-refractivity contribution is 5.66. The molecule has 0 spiro atoms. The fourth-order valence-corrected chi connectivity index (χ4v) is 1.15. The van der Waals surface area contributed by atoms with E-state index in [0.717, 1.165) is 5.69 Å². The Morgan fingerprint density at radius 2 is 2.50 bits per heavy atom. The van der Waals surface area contributed by atoms with Gasteiger partial charge in [-0.2, -0.15) is 0 Å². The second-order valence-corrected chi connectivity index (χ2v) is 2.88. The lowest BCUT2D eigenvalue weighted by Crippen LogP contribution is -2.09. The molecule has 0 radical (unpaired) electrons. The minimum atomic E-state index is -0.314. The summed E-state index contributed by atoms with van der Waals surface area (Å²) in [5, 5.41) is 0. The first-order chi connectivity index (χ1) is 6.74. The van der Waals surface area contributed by atoms with Crippen molar-refractivity contribution in [3.63, 3.8) is 0 Å². The molecule has 3 nitrogen and oxygen atoms in total. The van der Waals surface area contributed by atoms with E-state index in [0.29, 0.717) is 6.42 Å². The smallest absolute Gasteiger partial charge is 0.303 e. The molecule has 1 unspecified atom stereocenters. The van der Waals surface area contributed by atoms with E-state index in [9.17, 15) is 4.79 Å². The number of hydrogen-bond acceptors (Lipinski definition) is 3. The molecule has 0 fully saturated rings. The summed E-state index contributed by atoms with van der Waals surface area (Å²) >= 11 is 0. The lowest BCUT2D eigenvalue weighted by molar-refractivity contribution is -0.146. The topological polar surface area (TPSA) is 39.2 Å². The Kier molecular flexibility index (Phi) is 3.85. The van der Waals surface area contributed by atoms with Crippen LogP contribution in [0, 0.1) is 0 Å². The van der Waals surface area contributed by atoms with Gasteiger partial charge in [-0.25, -0.2) is 0 Å². The summed E-state index contributed by atoms with van der Waals surface area (Å²) in [6.45, 7) is 5.00. The normalized spacial score (nSPS) is 11.8. The van der Waals surface area contributed by atoms with Crippen molar-refractivity contribution in [2.75, 3.05) is 0 Å². The number of carbonyl (C=O) groups is 1. The Bertz CT molecular complexity index is 308. The molecule has 0 N–H and O–H groups in total. The van der Waals surface area contributed by atoms with Crippen molar-refractivity contribution < 1.29 is 9.53 Å². The average Bonchev–Trinajstić information content (AvgIpc) is 2.18. The van der Waals surface area contributed by atoms with Crippen molar-refractivity contribution in [1.82, 2.24) is 4.98 Å². The lowest BCUT2D eigenvalue weighted by atomic mass is 10.1. The van der Waals surface area contributed by atoms with E-state index in [-0.39, 0.29) is 12.1 Å². The summed E-state index contributed by atoms with van der Waals surface area (Å²) in [6.07, 6.45) is 3.65. The van der Waals surface area contributed by atoms with E-state index in [1.807, 2.05) is 18.2 Å². The van der Waals surface area contributed by atoms with Crippen LogP contribution in [-0.4, -0.2) is 11.0 Å². The second-order valence-electron chi connectivity index (χ2n) is 2.88. The van der Waals surface area contributed by atoms with E-state index in [4.69, 9.17) is 4.74 Å². The maximum absolute atomic E-state index is 10.8. The molecule has 1 heterocycles. The third kappa shape index (κ3) is 3.01. The van der Waals surface area contributed by atoms with Gasteiger partial charge in [-0.05, 0) is 12.1 Å². The molecule has 3 heteroatoms. The molecule has 0 saturated heterocycles. The first-order valence-corrected chi connectivity index (χ1v) is 4.43. The number of pyridine rings is 1. The van der Waals surface area contributed by atoms with Gasteiger partial charge in [-0.3, -0.25) is 9.78 Å². The van der Waals surface area contributed by atoms with Crippen LogP contribution in [0.25, 0.3) is 0 Å². The summed E-state index contributed by atoms with van der Waals surface area (Å²) in [7, 11) is 0. The highest BCUT2D eigenvalue weighted by Crippen LogP contribution is 2.19.